The molecule has 2 N–H and O–H groups in total. The molecule has 104 valence electrons. The van der Waals surface area contributed by atoms with Crippen LogP contribution in [0.1, 0.15) is 15.9 Å². The van der Waals surface area contributed by atoms with E-state index in [9.17, 15) is 9.18 Å². The fraction of sp³-hybridized carbons (Fsp3) is 0.0714. The molecule has 0 aromatic heterocycles. The van der Waals surface area contributed by atoms with E-state index in [1.807, 2.05) is 0 Å². The van der Waals surface area contributed by atoms with Gasteiger partial charge in [-0.05, 0) is 30.7 Å². The number of carboxylic acid groups (broad SMARTS) is 1. The van der Waals surface area contributed by atoms with Gasteiger partial charge in [0.25, 0.3) is 0 Å². The maximum atomic E-state index is 13.8. The second kappa shape index (κ2) is 5.69. The van der Waals surface area contributed by atoms with Gasteiger partial charge in [0.05, 0.1) is 27.0 Å². The van der Waals surface area contributed by atoms with E-state index in [-0.39, 0.29) is 22.0 Å². The summed E-state index contributed by atoms with van der Waals surface area (Å²) in [7, 11) is 0. The molecule has 2 aromatic rings. The highest BCUT2D eigenvalue weighted by Gasteiger charge is 2.17. The van der Waals surface area contributed by atoms with E-state index < -0.39 is 11.8 Å². The van der Waals surface area contributed by atoms with Gasteiger partial charge in [0.15, 0.2) is 0 Å². The van der Waals surface area contributed by atoms with E-state index in [4.69, 9.17) is 28.3 Å². The van der Waals surface area contributed by atoms with Gasteiger partial charge in [-0.15, -0.1) is 0 Å². The highest BCUT2D eigenvalue weighted by molar-refractivity contribution is 6.39. The minimum Gasteiger partial charge on any atom is -0.478 e. The summed E-state index contributed by atoms with van der Waals surface area (Å²) in [6.45, 7) is 1.77. The van der Waals surface area contributed by atoms with Crippen molar-refractivity contribution in [2.75, 3.05) is 5.32 Å². The van der Waals surface area contributed by atoms with Crippen molar-refractivity contribution in [3.63, 3.8) is 0 Å². The average Bonchev–Trinajstić information content (AvgIpc) is 2.40. The van der Waals surface area contributed by atoms with Crippen LogP contribution in [-0.2, 0) is 0 Å². The van der Waals surface area contributed by atoms with Crippen LogP contribution in [0.25, 0.3) is 0 Å². The lowest BCUT2D eigenvalue weighted by Crippen LogP contribution is -2.05. The van der Waals surface area contributed by atoms with Crippen molar-refractivity contribution in [1.82, 2.24) is 0 Å². The molecule has 0 heterocycles. The van der Waals surface area contributed by atoms with Crippen molar-refractivity contribution in [1.29, 1.82) is 0 Å². The number of hydrogen-bond acceptors (Lipinski definition) is 2. The topological polar surface area (TPSA) is 49.3 Å². The quantitative estimate of drug-likeness (QED) is 0.848. The molecule has 0 aliphatic rings. The smallest absolute Gasteiger partial charge is 0.337 e. The van der Waals surface area contributed by atoms with Crippen LogP contribution in [0, 0.1) is 12.7 Å². The van der Waals surface area contributed by atoms with E-state index in [0.717, 1.165) is 11.6 Å². The van der Waals surface area contributed by atoms with Crippen LogP contribution in [-0.4, -0.2) is 11.1 Å². The number of halogens is 3. The summed E-state index contributed by atoms with van der Waals surface area (Å²) in [4.78, 5) is 11.1. The third-order valence-electron chi connectivity index (χ3n) is 2.78. The van der Waals surface area contributed by atoms with Gasteiger partial charge in [0.1, 0.15) is 5.82 Å². The number of carboxylic acids is 1. The summed E-state index contributed by atoms with van der Waals surface area (Å²) < 4.78 is 13.8. The van der Waals surface area contributed by atoms with Crippen LogP contribution < -0.4 is 5.32 Å². The van der Waals surface area contributed by atoms with Crippen molar-refractivity contribution < 1.29 is 14.3 Å². The van der Waals surface area contributed by atoms with Crippen LogP contribution in [0.2, 0.25) is 10.0 Å². The maximum Gasteiger partial charge on any atom is 0.337 e. The molecular weight excluding hydrogens is 304 g/mol. The Morgan fingerprint density at radius 3 is 2.55 bits per heavy atom. The number of benzene rings is 2. The number of nitrogens with one attached hydrogen (secondary N) is 1. The fourth-order valence-electron chi connectivity index (χ4n) is 1.73. The molecule has 0 fully saturated rings. The predicted octanol–water partition coefficient (Wildman–Crippen LogP) is 4.88. The van der Waals surface area contributed by atoms with Gasteiger partial charge in [-0.2, -0.15) is 0 Å². The summed E-state index contributed by atoms with van der Waals surface area (Å²) in [6.07, 6.45) is 0. The average molecular weight is 314 g/mol. The molecule has 0 unspecified atom stereocenters. The minimum absolute atomic E-state index is 0.172. The van der Waals surface area contributed by atoms with E-state index in [1.165, 1.54) is 12.1 Å². The molecular formula is C14H10Cl2FNO2. The molecule has 3 nitrogen and oxygen atoms in total. The van der Waals surface area contributed by atoms with Gasteiger partial charge >= 0.3 is 5.97 Å². The summed E-state index contributed by atoms with van der Waals surface area (Å²) in [5.41, 5.74) is 0.653. The van der Waals surface area contributed by atoms with Crippen molar-refractivity contribution in [3.8, 4) is 0 Å². The lowest BCUT2D eigenvalue weighted by Gasteiger charge is -2.14. The molecule has 0 spiro atoms. The van der Waals surface area contributed by atoms with Crippen LogP contribution >= 0.6 is 23.2 Å². The third kappa shape index (κ3) is 2.71. The lowest BCUT2D eigenvalue weighted by atomic mass is 10.1. The first kappa shape index (κ1) is 14.6. The van der Waals surface area contributed by atoms with Crippen molar-refractivity contribution in [2.24, 2.45) is 0 Å². The molecule has 0 radical (unpaired) electrons. The maximum absolute atomic E-state index is 13.8. The van der Waals surface area contributed by atoms with Crippen molar-refractivity contribution in [2.45, 2.75) is 6.92 Å². The van der Waals surface area contributed by atoms with Gasteiger partial charge in [0.2, 0.25) is 0 Å². The number of rotatable bonds is 3. The zero-order chi connectivity index (χ0) is 14.9. The molecule has 0 saturated heterocycles. The molecule has 0 saturated carbocycles. The third-order valence-corrected chi connectivity index (χ3v) is 3.58. The zero-order valence-electron chi connectivity index (χ0n) is 10.4. The first-order valence-corrected chi connectivity index (χ1v) is 6.41. The summed E-state index contributed by atoms with van der Waals surface area (Å²) >= 11 is 12.1. The normalized spacial score (nSPS) is 10.4. The largest absolute Gasteiger partial charge is 0.478 e. The van der Waals surface area contributed by atoms with E-state index in [2.05, 4.69) is 5.32 Å². The van der Waals surface area contributed by atoms with Crippen LogP contribution in [0.5, 0.6) is 0 Å². The second-order valence-electron chi connectivity index (χ2n) is 4.15. The van der Waals surface area contributed by atoms with Gasteiger partial charge in [-0.3, -0.25) is 0 Å². The Morgan fingerprint density at radius 1 is 1.20 bits per heavy atom. The van der Waals surface area contributed by atoms with E-state index in [1.54, 1.807) is 19.1 Å². The van der Waals surface area contributed by atoms with Crippen molar-refractivity contribution >= 4 is 40.5 Å². The zero-order valence-corrected chi connectivity index (χ0v) is 11.9. The summed E-state index contributed by atoms with van der Waals surface area (Å²) in [5, 5.41) is 12.4. The summed E-state index contributed by atoms with van der Waals surface area (Å²) in [5.74, 6) is -1.94. The molecule has 2 rings (SSSR count). The minimum atomic E-state index is -1.24. The highest BCUT2D eigenvalue weighted by atomic mass is 35.5. The first-order chi connectivity index (χ1) is 9.41. The molecule has 2 aromatic carbocycles. The summed E-state index contributed by atoms with van der Waals surface area (Å²) in [6, 6.07) is 7.10. The Morgan fingerprint density at radius 2 is 1.90 bits per heavy atom. The van der Waals surface area contributed by atoms with Gasteiger partial charge < -0.3 is 10.4 Å². The molecule has 0 aliphatic carbocycles. The highest BCUT2D eigenvalue weighted by Crippen LogP contribution is 2.36. The lowest BCUT2D eigenvalue weighted by molar-refractivity contribution is 0.0697. The number of carbonyl (C=O) groups is 1. The number of hydrogen-bond donors (Lipinski definition) is 2. The SMILES string of the molecule is Cc1ccc(Cl)c(Nc2c(F)cccc2C(=O)O)c1Cl. The van der Waals surface area contributed by atoms with Gasteiger partial charge in [0, 0.05) is 0 Å². The Hall–Kier alpha value is -1.78. The van der Waals surface area contributed by atoms with Crippen LogP contribution in [0.4, 0.5) is 15.8 Å². The molecule has 20 heavy (non-hydrogen) atoms. The molecule has 0 amide bonds. The number of aryl methyl sites for hydroxylation is 1. The first-order valence-electron chi connectivity index (χ1n) is 5.65. The Balaban J connectivity index is 2.56. The fourth-order valence-corrected chi connectivity index (χ4v) is 2.19. The number of para-hydroxylation sites is 1. The van der Waals surface area contributed by atoms with Gasteiger partial charge in [-0.1, -0.05) is 35.3 Å². The van der Waals surface area contributed by atoms with Crippen molar-refractivity contribution in [3.05, 3.63) is 57.3 Å². The second-order valence-corrected chi connectivity index (χ2v) is 4.93. The number of anilines is 2. The van der Waals surface area contributed by atoms with Crippen LogP contribution in [0.3, 0.4) is 0 Å². The molecule has 0 atom stereocenters. The molecule has 6 heteroatoms. The molecule has 0 aliphatic heterocycles. The van der Waals surface area contributed by atoms with E-state index >= 15 is 0 Å². The Bertz CT molecular complexity index is 689. The van der Waals surface area contributed by atoms with E-state index in [0.29, 0.717) is 5.02 Å². The number of aromatic carboxylic acids is 1. The molecule has 0 bridgehead atoms. The van der Waals surface area contributed by atoms with Gasteiger partial charge in [-0.25, -0.2) is 9.18 Å². The Labute approximate surface area is 124 Å². The predicted molar refractivity (Wildman–Crippen MR) is 77.8 cm³/mol. The standard InChI is InChI=1S/C14H10Cl2FNO2/c1-7-5-6-9(15)13(11(7)16)18-12-8(14(19)20)3-2-4-10(12)17/h2-6,18H,1H3,(H,19,20). The van der Waals surface area contributed by atoms with Crippen LogP contribution in [0.15, 0.2) is 30.3 Å². The Kier molecular flexibility index (Phi) is 4.16. The monoisotopic (exact) mass is 313 g/mol.